The van der Waals surface area contributed by atoms with Crippen molar-refractivity contribution in [2.75, 3.05) is 23.7 Å². The lowest BCUT2D eigenvalue weighted by atomic mass is 9.98. The molecule has 0 atom stereocenters. The standard InChI is InChI=1S/C29H31FN4O2S.C22H25ClN4O2/c1-17-9-21(30)13-22(10-17)37-27-14-24(32-16-29(3,4)36)28-31-15-25(34(28)33-27)20-7-8-23(18(2)11-20)26(35)12-19-5-6-19;1-13-8-15(6-7-16(13)19(28)9-14-4-5-14)18-11-24-21-17(25-12-22(2,3)29)10-20(23)26-27(18)21/h7-11,13-15,19,32,36H,5-6,12,16H2,1-4H3;6-8,10-11,14,25,29H,4-5,9,12H2,1-3H3. The highest BCUT2D eigenvalue weighted by Crippen LogP contribution is 2.37. The first-order chi connectivity index (χ1) is 31.3. The quantitative estimate of drug-likeness (QED) is 0.0683. The van der Waals surface area contributed by atoms with Crippen LogP contribution in [0.3, 0.4) is 0 Å². The predicted molar refractivity (Wildman–Crippen MR) is 260 cm³/mol. The van der Waals surface area contributed by atoms with E-state index in [-0.39, 0.29) is 17.4 Å². The summed E-state index contributed by atoms with van der Waals surface area (Å²) in [6, 6.07) is 20.1. The van der Waals surface area contributed by atoms with Gasteiger partial charge in [0, 0.05) is 59.1 Å². The van der Waals surface area contributed by atoms with Crippen LogP contribution in [0.4, 0.5) is 15.8 Å². The van der Waals surface area contributed by atoms with Crippen molar-refractivity contribution in [3.8, 4) is 22.5 Å². The van der Waals surface area contributed by atoms with Crippen molar-refractivity contribution in [3.05, 3.63) is 118 Å². The van der Waals surface area contributed by atoms with Crippen LogP contribution in [0.1, 0.15) is 104 Å². The molecule has 0 spiro atoms. The fraction of sp³-hybridized carbons (Fsp3) is 0.373. The Morgan fingerprint density at radius 1 is 0.712 bits per heavy atom. The third kappa shape index (κ3) is 11.6. The minimum Gasteiger partial charge on any atom is -0.389 e. The van der Waals surface area contributed by atoms with Crippen molar-refractivity contribution in [2.24, 2.45) is 11.8 Å². The second-order valence-electron chi connectivity index (χ2n) is 19.1. The van der Waals surface area contributed by atoms with Gasteiger partial charge >= 0.3 is 0 Å². The summed E-state index contributed by atoms with van der Waals surface area (Å²) >= 11 is 7.60. The van der Waals surface area contributed by atoms with Gasteiger partial charge in [-0.15, -0.1) is 0 Å². The number of benzene rings is 3. The Morgan fingerprint density at radius 3 is 1.65 bits per heavy atom. The van der Waals surface area contributed by atoms with Crippen LogP contribution in [0.5, 0.6) is 0 Å². The highest BCUT2D eigenvalue weighted by atomic mass is 35.5. The van der Waals surface area contributed by atoms with E-state index >= 15 is 0 Å². The maximum Gasteiger partial charge on any atom is 0.177 e. The zero-order chi connectivity index (χ0) is 47.1. The molecule has 4 heterocycles. The SMILES string of the molecule is Cc1cc(-c2cnc3c(NCC(C)(C)O)cc(Cl)nn23)ccc1C(=O)CC1CC1.Cc1cc(F)cc(Sc2cc(NCC(C)(C)O)c3ncc(-c4ccc(C(=O)CC5CC5)c(C)c4)n3n2)c1. The molecule has 2 saturated carbocycles. The van der Waals surface area contributed by atoms with Gasteiger partial charge < -0.3 is 20.8 Å². The summed E-state index contributed by atoms with van der Waals surface area (Å²) in [7, 11) is 0. The van der Waals surface area contributed by atoms with E-state index in [0.717, 1.165) is 68.1 Å². The van der Waals surface area contributed by atoms with Gasteiger partial charge in [0.15, 0.2) is 28.0 Å². The number of fused-ring (bicyclic) bond motifs is 2. The molecule has 66 heavy (non-hydrogen) atoms. The molecule has 0 unspecified atom stereocenters. The largest absolute Gasteiger partial charge is 0.389 e. The number of carbonyl (C=O) groups excluding carboxylic acids is 2. The van der Waals surface area contributed by atoms with Gasteiger partial charge in [-0.25, -0.2) is 23.4 Å². The molecule has 9 rings (SSSR count). The number of hydrogen-bond acceptors (Lipinski definition) is 11. The van der Waals surface area contributed by atoms with Gasteiger partial charge in [-0.05, 0) is 139 Å². The van der Waals surface area contributed by atoms with Gasteiger partial charge in [-0.3, -0.25) is 9.59 Å². The maximum atomic E-state index is 14.0. The monoisotopic (exact) mass is 930 g/mol. The van der Waals surface area contributed by atoms with Crippen molar-refractivity contribution < 1.29 is 24.2 Å². The first kappa shape index (κ1) is 46.8. The van der Waals surface area contributed by atoms with Crippen LogP contribution in [-0.2, 0) is 0 Å². The Balaban J connectivity index is 0.000000185. The molecule has 4 aromatic heterocycles. The third-order valence-electron chi connectivity index (χ3n) is 11.5. The Morgan fingerprint density at radius 2 is 1.20 bits per heavy atom. The fourth-order valence-corrected chi connectivity index (χ4v) is 8.90. The number of imidazole rings is 2. The van der Waals surface area contributed by atoms with Crippen molar-refractivity contribution in [2.45, 2.75) is 108 Å². The van der Waals surface area contributed by atoms with E-state index in [4.69, 9.17) is 16.7 Å². The van der Waals surface area contributed by atoms with E-state index in [0.29, 0.717) is 70.6 Å². The number of halogens is 2. The average Bonchev–Trinajstić information content (AvgIpc) is 4.15. The van der Waals surface area contributed by atoms with Gasteiger partial charge in [0.2, 0.25) is 0 Å². The van der Waals surface area contributed by atoms with E-state index in [1.165, 1.54) is 36.7 Å². The first-order valence-corrected chi connectivity index (χ1v) is 23.6. The molecule has 15 heteroatoms. The summed E-state index contributed by atoms with van der Waals surface area (Å²) in [5, 5.41) is 37.0. The molecule has 0 saturated heterocycles. The summed E-state index contributed by atoms with van der Waals surface area (Å²) in [6.45, 7) is 13.4. The Bertz CT molecular complexity index is 2940. The van der Waals surface area contributed by atoms with E-state index in [9.17, 15) is 24.2 Å². The highest BCUT2D eigenvalue weighted by Gasteiger charge is 2.27. The molecule has 344 valence electrons. The fourth-order valence-electron chi connectivity index (χ4n) is 7.75. The number of nitrogens with zero attached hydrogens (tertiary/aromatic N) is 6. The van der Waals surface area contributed by atoms with E-state index in [2.05, 4.69) is 25.7 Å². The van der Waals surface area contributed by atoms with Crippen molar-refractivity contribution in [1.29, 1.82) is 0 Å². The topological polar surface area (TPSA) is 159 Å². The van der Waals surface area contributed by atoms with Crippen LogP contribution in [0.25, 0.3) is 33.8 Å². The van der Waals surface area contributed by atoms with Crippen molar-refractivity contribution in [3.63, 3.8) is 0 Å². The number of aryl methyl sites for hydroxylation is 3. The molecule has 2 fully saturated rings. The van der Waals surface area contributed by atoms with Crippen molar-refractivity contribution in [1.82, 2.24) is 29.2 Å². The first-order valence-electron chi connectivity index (χ1n) is 22.4. The minimum atomic E-state index is -0.928. The second kappa shape index (κ2) is 18.9. The molecule has 0 bridgehead atoms. The van der Waals surface area contributed by atoms with Crippen LogP contribution in [0, 0.1) is 38.4 Å². The smallest absolute Gasteiger partial charge is 0.177 e. The normalized spacial score (nSPS) is 14.0. The summed E-state index contributed by atoms with van der Waals surface area (Å²) in [5.74, 6) is 1.24. The van der Waals surface area contributed by atoms with Crippen LogP contribution >= 0.6 is 23.4 Å². The molecule has 4 N–H and O–H groups in total. The van der Waals surface area contributed by atoms with Gasteiger partial charge in [0.1, 0.15) is 10.8 Å². The third-order valence-corrected chi connectivity index (χ3v) is 12.6. The minimum absolute atomic E-state index is 0.199. The Hall–Kier alpha value is -5.67. The number of carbonyl (C=O) groups is 2. The summed E-state index contributed by atoms with van der Waals surface area (Å²) in [6.07, 6.45) is 9.40. The zero-order valence-corrected chi connectivity index (χ0v) is 39.9. The highest BCUT2D eigenvalue weighted by molar-refractivity contribution is 7.99. The number of aliphatic hydroxyl groups is 2. The van der Waals surface area contributed by atoms with Gasteiger partial charge in [0.05, 0.1) is 46.4 Å². The van der Waals surface area contributed by atoms with Crippen LogP contribution in [0.2, 0.25) is 5.15 Å². The van der Waals surface area contributed by atoms with Crippen molar-refractivity contribution >= 4 is 57.6 Å². The Labute approximate surface area is 393 Å². The molecule has 0 amide bonds. The van der Waals surface area contributed by atoms with Crippen LogP contribution in [-0.4, -0.2) is 75.3 Å². The summed E-state index contributed by atoms with van der Waals surface area (Å²) < 4.78 is 17.5. The molecule has 2 aliphatic carbocycles. The van der Waals surface area contributed by atoms with E-state index in [1.54, 1.807) is 55.2 Å². The average molecular weight is 932 g/mol. The number of aromatic nitrogens is 6. The molecule has 0 aliphatic heterocycles. The van der Waals surface area contributed by atoms with Gasteiger partial charge in [-0.1, -0.05) is 47.6 Å². The molecule has 2 aliphatic rings. The predicted octanol–water partition coefficient (Wildman–Crippen LogP) is 11.0. The lowest BCUT2D eigenvalue weighted by Crippen LogP contribution is -2.29. The van der Waals surface area contributed by atoms with Crippen LogP contribution < -0.4 is 10.6 Å². The van der Waals surface area contributed by atoms with Crippen LogP contribution in [0.15, 0.2) is 89.0 Å². The Kier molecular flexibility index (Phi) is 13.4. The van der Waals surface area contributed by atoms with Gasteiger partial charge in [0.25, 0.3) is 0 Å². The molecule has 0 radical (unpaired) electrons. The number of nitrogens with one attached hydrogen (secondary N) is 2. The number of ketones is 2. The lowest BCUT2D eigenvalue weighted by Gasteiger charge is -2.19. The number of Topliss-reactive ketones (excluding diaryl/α,β-unsaturated/α-hetero) is 2. The number of anilines is 2. The molecular formula is C51H56ClFN8O4S. The molecule has 12 nitrogen and oxygen atoms in total. The number of rotatable bonds is 16. The summed E-state index contributed by atoms with van der Waals surface area (Å²) in [4.78, 5) is 35.1. The maximum absolute atomic E-state index is 14.0. The molecule has 7 aromatic rings. The summed E-state index contributed by atoms with van der Waals surface area (Å²) in [5.41, 5.74) is 8.51. The zero-order valence-electron chi connectivity index (χ0n) is 38.4. The molecular weight excluding hydrogens is 875 g/mol. The number of hydrogen-bond donors (Lipinski definition) is 4. The van der Waals surface area contributed by atoms with E-state index in [1.807, 2.05) is 69.3 Å². The molecule has 3 aromatic carbocycles. The second-order valence-corrected chi connectivity index (χ2v) is 20.6. The van der Waals surface area contributed by atoms with Gasteiger partial charge in [-0.2, -0.15) is 10.2 Å². The lowest BCUT2D eigenvalue weighted by molar-refractivity contribution is 0.0939. The van der Waals surface area contributed by atoms with E-state index < -0.39 is 11.2 Å².